The first-order valence-electron chi connectivity index (χ1n) is 16.9. The van der Waals surface area contributed by atoms with Crippen LogP contribution in [0.4, 0.5) is 0 Å². The molecule has 4 aromatic rings. The highest BCUT2D eigenvalue weighted by atomic mass is 16.5. The molecule has 3 amide bonds. The zero-order valence-corrected chi connectivity index (χ0v) is 30.9. The normalized spacial score (nSPS) is 18.6. The molecule has 4 heterocycles. The molecule has 2 aliphatic heterocycles. The van der Waals surface area contributed by atoms with E-state index in [0.717, 1.165) is 0 Å². The number of benzene rings is 2. The highest BCUT2D eigenvalue weighted by Gasteiger charge is 2.43. The monoisotopic (exact) mass is 745 g/mol. The van der Waals surface area contributed by atoms with Crippen molar-refractivity contribution < 1.29 is 43.6 Å². The van der Waals surface area contributed by atoms with Crippen LogP contribution in [0.25, 0.3) is 22.5 Å². The van der Waals surface area contributed by atoms with Crippen molar-refractivity contribution in [1.29, 1.82) is 0 Å². The van der Waals surface area contributed by atoms with Gasteiger partial charge in [0.05, 0.1) is 32.7 Å². The fourth-order valence-corrected chi connectivity index (χ4v) is 5.68. The number of nitrogens with two attached hydrogens (primary N) is 1. The summed E-state index contributed by atoms with van der Waals surface area (Å²) in [5, 5.41) is 20.8. The number of amides is 3. The number of carbonyl (C=O) groups excluding carboxylic acids is 4. The molecule has 0 aliphatic carbocycles. The molecule has 0 saturated carbocycles. The number of pyridine rings is 2. The molecule has 0 bridgehead atoms. The lowest BCUT2D eigenvalue weighted by Gasteiger charge is -2.13. The SMILES string of the molecule is COC(=O)c1cc(OC)cc(-c2cccc(C#C[C@]3(O)CCN(C)C3=O)c2)n1.COc1cc(C(N)=O)nc(-c2cccc(C#C[C@]3(O)CCN(C)C3=O)c2)c1. The largest absolute Gasteiger partial charge is 0.497 e. The number of hydrogen-bond donors (Lipinski definition) is 3. The molecule has 14 heteroatoms. The van der Waals surface area contributed by atoms with Crippen LogP contribution < -0.4 is 15.2 Å². The number of nitrogens with zero attached hydrogens (tertiary/aromatic N) is 4. The second kappa shape index (κ2) is 16.5. The maximum absolute atomic E-state index is 12.0. The van der Waals surface area contributed by atoms with Crippen molar-refractivity contribution in [2.75, 3.05) is 48.5 Å². The van der Waals surface area contributed by atoms with E-state index >= 15 is 0 Å². The van der Waals surface area contributed by atoms with E-state index in [0.29, 0.717) is 58.2 Å². The van der Waals surface area contributed by atoms with E-state index in [1.807, 2.05) is 6.07 Å². The maximum Gasteiger partial charge on any atom is 0.356 e. The molecule has 2 fully saturated rings. The summed E-state index contributed by atoms with van der Waals surface area (Å²) in [6.45, 7) is 0.932. The van der Waals surface area contributed by atoms with Gasteiger partial charge in [-0.2, -0.15) is 0 Å². The first kappa shape index (κ1) is 39.5. The van der Waals surface area contributed by atoms with Gasteiger partial charge in [-0.15, -0.1) is 0 Å². The van der Waals surface area contributed by atoms with Crippen molar-refractivity contribution in [1.82, 2.24) is 19.8 Å². The average Bonchev–Trinajstić information content (AvgIpc) is 3.62. The van der Waals surface area contributed by atoms with Gasteiger partial charge >= 0.3 is 5.97 Å². The summed E-state index contributed by atoms with van der Waals surface area (Å²) in [7, 11) is 7.54. The Kier molecular flexibility index (Phi) is 11.8. The molecule has 282 valence electrons. The van der Waals surface area contributed by atoms with E-state index in [9.17, 15) is 29.4 Å². The summed E-state index contributed by atoms with van der Waals surface area (Å²) in [6, 6.07) is 20.6. The standard InChI is InChI=1S/C21H20N2O5.C20H19N3O4/c1-23-10-9-21(26,20(23)25)8-7-14-5-4-6-15(11-14)17-12-16(27-2)13-18(22-17)19(24)28-3;1-23-9-8-20(26,19(23)25)7-6-13-4-3-5-14(10-13)16-11-15(27-2)12-17(22-16)18(21)24/h4-6,11-13,26H,9-10H2,1-3H3;3-5,10-12,26H,8-9H2,1-2H3,(H2,21,24)/t21-;20-/m00/s1. The number of rotatable bonds is 6. The van der Waals surface area contributed by atoms with Crippen LogP contribution in [0.1, 0.15) is 44.9 Å². The van der Waals surface area contributed by atoms with Gasteiger partial charge in [0, 0.05) is 86.5 Å². The fourth-order valence-electron chi connectivity index (χ4n) is 5.68. The molecule has 2 aromatic carbocycles. The minimum Gasteiger partial charge on any atom is -0.497 e. The lowest BCUT2D eigenvalue weighted by molar-refractivity contribution is -0.138. The van der Waals surface area contributed by atoms with Crippen molar-refractivity contribution >= 4 is 23.7 Å². The Balaban J connectivity index is 0.000000211. The molecule has 0 spiro atoms. The van der Waals surface area contributed by atoms with Crippen molar-refractivity contribution in [3.05, 3.63) is 95.3 Å². The minimum atomic E-state index is -1.66. The molecule has 2 atom stereocenters. The van der Waals surface area contributed by atoms with Crippen molar-refractivity contribution in [2.45, 2.75) is 24.0 Å². The van der Waals surface area contributed by atoms with E-state index in [2.05, 4.69) is 33.6 Å². The smallest absolute Gasteiger partial charge is 0.356 e. The Morgan fingerprint density at radius 1 is 0.709 bits per heavy atom. The quantitative estimate of drug-likeness (QED) is 0.194. The molecule has 2 aliphatic rings. The number of carbonyl (C=O) groups is 4. The summed E-state index contributed by atoms with van der Waals surface area (Å²) >= 11 is 0. The molecule has 2 saturated heterocycles. The van der Waals surface area contributed by atoms with Gasteiger partial charge < -0.3 is 40.0 Å². The van der Waals surface area contributed by atoms with Gasteiger partial charge in [0.25, 0.3) is 17.7 Å². The van der Waals surface area contributed by atoms with Gasteiger partial charge in [0.2, 0.25) is 11.2 Å². The van der Waals surface area contributed by atoms with E-state index in [1.54, 1.807) is 68.7 Å². The Bertz CT molecular complexity index is 2290. The number of esters is 1. The van der Waals surface area contributed by atoms with Gasteiger partial charge in [0.15, 0.2) is 5.69 Å². The third kappa shape index (κ3) is 9.08. The van der Waals surface area contributed by atoms with E-state index in [4.69, 9.17) is 19.9 Å². The number of ether oxygens (including phenoxy) is 3. The van der Waals surface area contributed by atoms with Crippen LogP contribution in [0.2, 0.25) is 0 Å². The molecule has 4 N–H and O–H groups in total. The number of likely N-dealkylation sites (tertiary alicyclic amines) is 2. The van der Waals surface area contributed by atoms with Gasteiger partial charge in [-0.25, -0.2) is 14.8 Å². The summed E-state index contributed by atoms with van der Waals surface area (Å²) in [5.41, 5.74) is 5.87. The average molecular weight is 746 g/mol. The second-order valence-corrected chi connectivity index (χ2v) is 12.7. The maximum atomic E-state index is 12.0. The van der Waals surface area contributed by atoms with Crippen molar-refractivity contribution in [3.63, 3.8) is 0 Å². The molecular weight excluding hydrogens is 706 g/mol. The predicted molar refractivity (Wildman–Crippen MR) is 200 cm³/mol. The molecule has 14 nitrogen and oxygen atoms in total. The van der Waals surface area contributed by atoms with E-state index in [1.165, 1.54) is 43.3 Å². The van der Waals surface area contributed by atoms with Crippen LogP contribution in [0.15, 0.2) is 72.8 Å². The number of methoxy groups -OCH3 is 3. The number of aliphatic hydroxyl groups is 2. The van der Waals surface area contributed by atoms with E-state index in [-0.39, 0.29) is 24.2 Å². The van der Waals surface area contributed by atoms with E-state index < -0.39 is 34.9 Å². The minimum absolute atomic E-state index is 0.0923. The third-order valence-corrected chi connectivity index (χ3v) is 8.88. The first-order valence-corrected chi connectivity index (χ1v) is 16.9. The summed E-state index contributed by atoms with van der Waals surface area (Å²) in [6.07, 6.45) is 0.545. The first-order chi connectivity index (χ1) is 26.2. The van der Waals surface area contributed by atoms with Crippen LogP contribution in [0.3, 0.4) is 0 Å². The molecule has 55 heavy (non-hydrogen) atoms. The third-order valence-electron chi connectivity index (χ3n) is 8.88. The Morgan fingerprint density at radius 3 is 1.53 bits per heavy atom. The highest BCUT2D eigenvalue weighted by molar-refractivity contribution is 5.92. The fraction of sp³-hybridized carbons (Fsp3) is 0.268. The summed E-state index contributed by atoms with van der Waals surface area (Å²) < 4.78 is 15.2. The highest BCUT2D eigenvalue weighted by Crippen LogP contribution is 2.27. The predicted octanol–water partition coefficient (Wildman–Crippen LogP) is 2.29. The number of aromatic nitrogens is 2. The van der Waals surface area contributed by atoms with Crippen LogP contribution in [0.5, 0.6) is 11.5 Å². The molecule has 6 rings (SSSR count). The number of primary amides is 1. The second-order valence-electron chi connectivity index (χ2n) is 12.7. The zero-order valence-electron chi connectivity index (χ0n) is 30.9. The van der Waals surface area contributed by atoms with Gasteiger partial charge in [0.1, 0.15) is 17.2 Å². The molecule has 2 aromatic heterocycles. The van der Waals surface area contributed by atoms with Gasteiger partial charge in [-0.3, -0.25) is 14.4 Å². The Hall–Kier alpha value is -6.74. The van der Waals surface area contributed by atoms with Gasteiger partial charge in [-0.1, -0.05) is 47.9 Å². The molecule has 0 radical (unpaired) electrons. The number of likely N-dealkylation sites (N-methyl/N-ethyl adjacent to an activating group) is 2. The van der Waals surface area contributed by atoms with Crippen LogP contribution >= 0.6 is 0 Å². The lowest BCUT2D eigenvalue weighted by Crippen LogP contribution is -2.37. The lowest BCUT2D eigenvalue weighted by atomic mass is 10.0. The molecule has 0 unspecified atom stereocenters. The van der Waals surface area contributed by atoms with Crippen molar-refractivity contribution in [3.8, 4) is 57.7 Å². The zero-order chi connectivity index (χ0) is 39.9. The van der Waals surface area contributed by atoms with Crippen LogP contribution in [-0.2, 0) is 14.3 Å². The molecular formula is C41H39N5O9. The Labute approximate surface area is 317 Å². The summed E-state index contributed by atoms with van der Waals surface area (Å²) in [4.78, 5) is 58.9. The van der Waals surface area contributed by atoms with Crippen molar-refractivity contribution in [2.24, 2.45) is 5.73 Å². The van der Waals surface area contributed by atoms with Crippen LogP contribution in [-0.4, -0.2) is 113 Å². The number of hydrogen-bond acceptors (Lipinski definition) is 11. The van der Waals surface area contributed by atoms with Gasteiger partial charge in [-0.05, 0) is 24.3 Å². The Morgan fingerprint density at radius 2 is 1.15 bits per heavy atom. The topological polar surface area (TPSA) is 195 Å². The van der Waals surface area contributed by atoms with Crippen LogP contribution in [0, 0.1) is 23.7 Å². The summed E-state index contributed by atoms with van der Waals surface area (Å²) in [5.74, 6) is 10.0.